The van der Waals surface area contributed by atoms with Crippen LogP contribution in [0.15, 0.2) is 78.9 Å². The number of benzene rings is 3. The third-order valence-corrected chi connectivity index (χ3v) is 5.87. The highest BCUT2D eigenvalue weighted by molar-refractivity contribution is 5.81. The lowest BCUT2D eigenvalue weighted by Gasteiger charge is -2.12. The van der Waals surface area contributed by atoms with Gasteiger partial charge in [0.15, 0.2) is 0 Å². The molecule has 2 aromatic heterocycles. The molecule has 0 fully saturated rings. The normalized spacial score (nSPS) is 11.2. The minimum atomic E-state index is -0.0451. The van der Waals surface area contributed by atoms with E-state index in [9.17, 15) is 4.79 Å². The third kappa shape index (κ3) is 4.64. The van der Waals surface area contributed by atoms with Gasteiger partial charge in [-0.1, -0.05) is 42.5 Å². The van der Waals surface area contributed by atoms with Crippen LogP contribution in [-0.2, 0) is 24.5 Å². The first-order valence-corrected chi connectivity index (χ1v) is 11.5. The molecule has 0 aliphatic rings. The van der Waals surface area contributed by atoms with E-state index in [4.69, 9.17) is 9.72 Å². The van der Waals surface area contributed by atoms with Crippen molar-refractivity contribution in [2.75, 3.05) is 6.54 Å². The molecule has 0 saturated carbocycles. The average Bonchev–Trinajstić information content (AvgIpc) is 3.37. The molecule has 0 unspecified atom stereocenters. The van der Waals surface area contributed by atoms with Gasteiger partial charge >= 0.3 is 0 Å². The Hall–Kier alpha value is -4.13. The van der Waals surface area contributed by atoms with Gasteiger partial charge in [-0.25, -0.2) is 9.97 Å². The summed E-state index contributed by atoms with van der Waals surface area (Å²) in [7, 11) is 0. The Labute approximate surface area is 198 Å². The van der Waals surface area contributed by atoms with Crippen LogP contribution in [0.1, 0.15) is 18.1 Å². The molecule has 5 aromatic rings. The van der Waals surface area contributed by atoms with Crippen LogP contribution in [0.2, 0.25) is 0 Å². The first-order chi connectivity index (χ1) is 16.7. The van der Waals surface area contributed by atoms with Crippen LogP contribution in [0.25, 0.3) is 22.1 Å². The molecule has 0 spiro atoms. The van der Waals surface area contributed by atoms with Crippen molar-refractivity contribution in [2.45, 2.75) is 33.0 Å². The molecule has 0 bridgehead atoms. The molecule has 0 aliphatic heterocycles. The Morgan fingerprint density at radius 1 is 0.853 bits per heavy atom. The van der Waals surface area contributed by atoms with E-state index >= 15 is 0 Å². The van der Waals surface area contributed by atoms with Crippen molar-refractivity contribution in [1.29, 1.82) is 0 Å². The van der Waals surface area contributed by atoms with Crippen LogP contribution in [0, 0.1) is 6.92 Å². The molecule has 0 aliphatic carbocycles. The van der Waals surface area contributed by atoms with Crippen molar-refractivity contribution in [2.24, 2.45) is 0 Å². The van der Waals surface area contributed by atoms with E-state index in [1.165, 1.54) is 0 Å². The number of ether oxygens (including phenoxy) is 1. The maximum absolute atomic E-state index is 12.8. The molecule has 3 aromatic carbocycles. The first kappa shape index (κ1) is 21.7. The Balaban J connectivity index is 1.22. The minimum absolute atomic E-state index is 0.0451. The zero-order valence-electron chi connectivity index (χ0n) is 19.1. The number of hydrogen-bond donors (Lipinski definition) is 1. The van der Waals surface area contributed by atoms with E-state index in [0.29, 0.717) is 13.2 Å². The van der Waals surface area contributed by atoms with Gasteiger partial charge in [-0.15, -0.1) is 0 Å². The number of amides is 1. The summed E-state index contributed by atoms with van der Waals surface area (Å²) in [5, 5.41) is 3.05. The minimum Gasteiger partial charge on any atom is -0.486 e. The SMILES string of the molecule is Cc1nc2ccccc2n1CCCNC(=O)Cn1c(COc2ccccc2)nc2ccccc21. The van der Waals surface area contributed by atoms with Crippen molar-refractivity contribution in [3.63, 3.8) is 0 Å². The van der Waals surface area contributed by atoms with Gasteiger partial charge in [0, 0.05) is 13.1 Å². The number of carbonyl (C=O) groups is 1. The van der Waals surface area contributed by atoms with Crippen LogP contribution >= 0.6 is 0 Å². The monoisotopic (exact) mass is 453 g/mol. The number of nitrogens with zero attached hydrogens (tertiary/aromatic N) is 4. The fourth-order valence-electron chi connectivity index (χ4n) is 4.22. The van der Waals surface area contributed by atoms with Crippen LogP contribution in [0.4, 0.5) is 0 Å². The van der Waals surface area contributed by atoms with E-state index < -0.39 is 0 Å². The number of imidazole rings is 2. The van der Waals surface area contributed by atoms with Gasteiger partial charge in [0.2, 0.25) is 5.91 Å². The Kier molecular flexibility index (Phi) is 6.25. The molecule has 1 N–H and O–H groups in total. The van der Waals surface area contributed by atoms with Crippen LogP contribution in [-0.4, -0.2) is 31.6 Å². The fraction of sp³-hybridized carbons (Fsp3) is 0.222. The number of rotatable bonds is 9. The summed E-state index contributed by atoms with van der Waals surface area (Å²) in [4.78, 5) is 22.1. The fourth-order valence-corrected chi connectivity index (χ4v) is 4.22. The maximum Gasteiger partial charge on any atom is 0.240 e. The largest absolute Gasteiger partial charge is 0.486 e. The van der Waals surface area contributed by atoms with Crippen LogP contribution in [0.5, 0.6) is 5.75 Å². The molecular formula is C27H27N5O2. The molecule has 2 heterocycles. The quantitative estimate of drug-likeness (QED) is 0.334. The number of aromatic nitrogens is 4. The predicted molar refractivity (Wildman–Crippen MR) is 133 cm³/mol. The summed E-state index contributed by atoms with van der Waals surface area (Å²) in [6.07, 6.45) is 0.821. The van der Waals surface area contributed by atoms with Gasteiger partial charge in [-0.05, 0) is 49.7 Å². The van der Waals surface area contributed by atoms with E-state index in [0.717, 1.165) is 52.4 Å². The molecular weight excluding hydrogens is 426 g/mol. The number of hydrogen-bond acceptors (Lipinski definition) is 4. The molecule has 5 rings (SSSR count). The van der Waals surface area contributed by atoms with Gasteiger partial charge in [0.25, 0.3) is 0 Å². The summed E-state index contributed by atoms with van der Waals surface area (Å²) in [6, 6.07) is 25.6. The van der Waals surface area contributed by atoms with Gasteiger partial charge in [-0.2, -0.15) is 0 Å². The number of para-hydroxylation sites is 5. The van der Waals surface area contributed by atoms with Gasteiger partial charge in [0.1, 0.15) is 30.5 Å². The summed E-state index contributed by atoms with van der Waals surface area (Å²) >= 11 is 0. The molecule has 1 amide bonds. The van der Waals surface area contributed by atoms with Crippen LogP contribution in [0.3, 0.4) is 0 Å². The Morgan fingerprint density at radius 2 is 1.50 bits per heavy atom. The van der Waals surface area contributed by atoms with E-state index in [-0.39, 0.29) is 12.5 Å². The van der Waals surface area contributed by atoms with Crippen molar-refractivity contribution in [3.05, 3.63) is 90.5 Å². The summed E-state index contributed by atoms with van der Waals surface area (Å²) in [5.74, 6) is 2.44. The third-order valence-electron chi connectivity index (χ3n) is 5.87. The van der Waals surface area contributed by atoms with Gasteiger partial charge in [0.05, 0.1) is 22.1 Å². The van der Waals surface area contributed by atoms with Gasteiger partial charge in [-0.3, -0.25) is 4.79 Å². The molecule has 7 heteroatoms. The lowest BCUT2D eigenvalue weighted by molar-refractivity contribution is -0.121. The van der Waals surface area contributed by atoms with Crippen molar-refractivity contribution < 1.29 is 9.53 Å². The summed E-state index contributed by atoms with van der Waals surface area (Å²) in [6.45, 7) is 3.89. The number of carbonyl (C=O) groups excluding carboxylic acids is 1. The molecule has 0 saturated heterocycles. The number of fused-ring (bicyclic) bond motifs is 2. The molecule has 0 atom stereocenters. The van der Waals surface area contributed by atoms with Crippen molar-refractivity contribution >= 4 is 28.0 Å². The zero-order chi connectivity index (χ0) is 23.3. The number of nitrogens with one attached hydrogen (secondary N) is 1. The Morgan fingerprint density at radius 3 is 2.26 bits per heavy atom. The second kappa shape index (κ2) is 9.79. The average molecular weight is 454 g/mol. The second-order valence-corrected chi connectivity index (χ2v) is 8.21. The highest BCUT2D eigenvalue weighted by Crippen LogP contribution is 2.19. The molecule has 172 valence electrons. The second-order valence-electron chi connectivity index (χ2n) is 8.21. The summed E-state index contributed by atoms with van der Waals surface area (Å²) < 4.78 is 10.0. The molecule has 0 radical (unpaired) electrons. The predicted octanol–water partition coefficient (Wildman–Crippen LogP) is 4.48. The summed E-state index contributed by atoms with van der Waals surface area (Å²) in [5.41, 5.74) is 3.90. The lowest BCUT2D eigenvalue weighted by atomic mass is 10.3. The number of aryl methyl sites for hydroxylation is 2. The smallest absolute Gasteiger partial charge is 0.240 e. The maximum atomic E-state index is 12.8. The Bertz CT molecular complexity index is 1420. The van der Waals surface area contributed by atoms with E-state index in [1.54, 1.807) is 0 Å². The first-order valence-electron chi connectivity index (χ1n) is 11.5. The van der Waals surface area contributed by atoms with Gasteiger partial charge < -0.3 is 19.2 Å². The highest BCUT2D eigenvalue weighted by Gasteiger charge is 2.14. The van der Waals surface area contributed by atoms with E-state index in [2.05, 4.69) is 20.9 Å². The highest BCUT2D eigenvalue weighted by atomic mass is 16.5. The lowest BCUT2D eigenvalue weighted by Crippen LogP contribution is -2.29. The van der Waals surface area contributed by atoms with E-state index in [1.807, 2.05) is 84.3 Å². The topological polar surface area (TPSA) is 74.0 Å². The van der Waals surface area contributed by atoms with Crippen molar-refractivity contribution in [1.82, 2.24) is 24.4 Å². The zero-order valence-corrected chi connectivity index (χ0v) is 19.1. The van der Waals surface area contributed by atoms with Crippen LogP contribution < -0.4 is 10.1 Å². The standard InChI is InChI=1S/C27H27N5O2/c1-20-29-22-12-5-7-14-24(22)31(20)17-9-16-28-27(33)18-32-25-15-8-6-13-23(25)30-26(32)19-34-21-10-3-2-4-11-21/h2-8,10-15H,9,16-19H2,1H3,(H,28,33). The van der Waals surface area contributed by atoms with Crippen molar-refractivity contribution in [3.8, 4) is 5.75 Å². The molecule has 34 heavy (non-hydrogen) atoms. The molecule has 7 nitrogen and oxygen atoms in total.